The Bertz CT molecular complexity index is 328. The monoisotopic (exact) mass is 225 g/mol. The van der Waals surface area contributed by atoms with Crippen LogP contribution in [0.25, 0.3) is 0 Å². The molecule has 1 rings (SSSR count). The van der Waals surface area contributed by atoms with Crippen molar-refractivity contribution in [3.8, 4) is 11.5 Å². The van der Waals surface area contributed by atoms with Gasteiger partial charge >= 0.3 is 0 Å². The van der Waals surface area contributed by atoms with Crippen LogP contribution in [0.4, 0.5) is 0 Å². The van der Waals surface area contributed by atoms with E-state index in [2.05, 4.69) is 5.32 Å². The average Bonchev–Trinajstić information content (AvgIpc) is 2.35. The number of methoxy groups -OCH3 is 3. The van der Waals surface area contributed by atoms with Gasteiger partial charge in [0.1, 0.15) is 11.5 Å². The van der Waals surface area contributed by atoms with Gasteiger partial charge in [-0.2, -0.15) is 0 Å². The summed E-state index contributed by atoms with van der Waals surface area (Å²) in [5.74, 6) is 1.59. The smallest absolute Gasteiger partial charge is 0.127 e. The Balaban J connectivity index is 3.01. The van der Waals surface area contributed by atoms with Crippen LogP contribution in [0.3, 0.4) is 0 Å². The maximum Gasteiger partial charge on any atom is 0.127 e. The molecule has 4 heteroatoms. The van der Waals surface area contributed by atoms with Crippen LogP contribution >= 0.6 is 0 Å². The number of hydrogen-bond donors (Lipinski definition) is 1. The van der Waals surface area contributed by atoms with Gasteiger partial charge in [0, 0.05) is 18.7 Å². The fourth-order valence-corrected chi connectivity index (χ4v) is 1.60. The van der Waals surface area contributed by atoms with E-state index in [0.29, 0.717) is 6.61 Å². The highest BCUT2D eigenvalue weighted by Crippen LogP contribution is 2.29. The van der Waals surface area contributed by atoms with Gasteiger partial charge in [0.15, 0.2) is 0 Å². The van der Waals surface area contributed by atoms with Gasteiger partial charge in [-0.3, -0.25) is 0 Å². The summed E-state index contributed by atoms with van der Waals surface area (Å²) in [6, 6.07) is 5.89. The van der Waals surface area contributed by atoms with Crippen LogP contribution in [0.2, 0.25) is 0 Å². The van der Waals surface area contributed by atoms with E-state index >= 15 is 0 Å². The third-order valence-electron chi connectivity index (χ3n) is 2.50. The fourth-order valence-electron chi connectivity index (χ4n) is 1.60. The van der Waals surface area contributed by atoms with Crippen molar-refractivity contribution in [3.63, 3.8) is 0 Å². The Morgan fingerprint density at radius 1 is 1.19 bits per heavy atom. The Hall–Kier alpha value is -1.26. The maximum atomic E-state index is 5.34. The van der Waals surface area contributed by atoms with E-state index < -0.39 is 0 Å². The maximum absolute atomic E-state index is 5.34. The summed E-state index contributed by atoms with van der Waals surface area (Å²) < 4.78 is 15.7. The third-order valence-corrected chi connectivity index (χ3v) is 2.50. The predicted octanol–water partition coefficient (Wildman–Crippen LogP) is 1.61. The highest BCUT2D eigenvalue weighted by molar-refractivity contribution is 5.42. The minimum absolute atomic E-state index is 0.117. The Morgan fingerprint density at radius 2 is 1.94 bits per heavy atom. The quantitative estimate of drug-likeness (QED) is 0.798. The first-order chi connectivity index (χ1) is 7.76. The molecule has 16 heavy (non-hydrogen) atoms. The minimum atomic E-state index is 0.117. The van der Waals surface area contributed by atoms with E-state index in [4.69, 9.17) is 14.2 Å². The van der Waals surface area contributed by atoms with Gasteiger partial charge in [0.05, 0.1) is 26.9 Å². The molecular formula is C12H19NO3. The number of hydrogen-bond acceptors (Lipinski definition) is 4. The molecule has 0 saturated heterocycles. The fraction of sp³-hybridized carbons (Fsp3) is 0.500. The summed E-state index contributed by atoms with van der Waals surface area (Å²) in [6.45, 7) is 0.596. The first-order valence-electron chi connectivity index (χ1n) is 5.15. The lowest BCUT2D eigenvalue weighted by molar-refractivity contribution is 0.169. The van der Waals surface area contributed by atoms with Crippen LogP contribution in [0.5, 0.6) is 11.5 Å². The number of ether oxygens (including phenoxy) is 3. The van der Waals surface area contributed by atoms with Gasteiger partial charge < -0.3 is 19.5 Å². The average molecular weight is 225 g/mol. The van der Waals surface area contributed by atoms with Crippen molar-refractivity contribution >= 4 is 0 Å². The van der Waals surface area contributed by atoms with E-state index in [9.17, 15) is 0 Å². The van der Waals surface area contributed by atoms with E-state index in [1.54, 1.807) is 21.3 Å². The molecule has 0 radical (unpaired) electrons. The number of nitrogens with one attached hydrogen (secondary N) is 1. The molecule has 0 fully saturated rings. The van der Waals surface area contributed by atoms with Crippen LogP contribution in [0.15, 0.2) is 18.2 Å². The molecule has 0 aliphatic heterocycles. The highest BCUT2D eigenvalue weighted by Gasteiger charge is 2.14. The number of benzene rings is 1. The molecular weight excluding hydrogens is 206 g/mol. The van der Waals surface area contributed by atoms with Crippen LogP contribution < -0.4 is 14.8 Å². The first-order valence-corrected chi connectivity index (χ1v) is 5.15. The van der Waals surface area contributed by atoms with Crippen molar-refractivity contribution in [2.75, 3.05) is 35.0 Å². The van der Waals surface area contributed by atoms with Crippen molar-refractivity contribution in [2.24, 2.45) is 0 Å². The van der Waals surface area contributed by atoms with Gasteiger partial charge in [0.25, 0.3) is 0 Å². The van der Waals surface area contributed by atoms with E-state index in [-0.39, 0.29) is 6.04 Å². The van der Waals surface area contributed by atoms with Gasteiger partial charge in [-0.1, -0.05) is 0 Å². The van der Waals surface area contributed by atoms with E-state index in [1.807, 2.05) is 25.2 Å². The zero-order chi connectivity index (χ0) is 12.0. The normalized spacial score (nSPS) is 12.2. The topological polar surface area (TPSA) is 39.7 Å². The Morgan fingerprint density at radius 3 is 2.44 bits per heavy atom. The van der Waals surface area contributed by atoms with Crippen molar-refractivity contribution < 1.29 is 14.2 Å². The van der Waals surface area contributed by atoms with Gasteiger partial charge in [-0.25, -0.2) is 0 Å². The lowest BCUT2D eigenvalue weighted by Crippen LogP contribution is -2.21. The van der Waals surface area contributed by atoms with Crippen LogP contribution in [0, 0.1) is 0 Å². The molecule has 0 aliphatic rings. The minimum Gasteiger partial charge on any atom is -0.497 e. The lowest BCUT2D eigenvalue weighted by atomic mass is 10.1. The summed E-state index contributed by atoms with van der Waals surface area (Å²) in [4.78, 5) is 0. The van der Waals surface area contributed by atoms with Gasteiger partial charge in [0.2, 0.25) is 0 Å². The molecule has 0 bridgehead atoms. The Kier molecular flexibility index (Phi) is 5.08. The number of rotatable bonds is 6. The molecule has 90 valence electrons. The molecule has 0 aliphatic carbocycles. The Labute approximate surface area is 96.5 Å². The molecule has 1 atom stereocenters. The van der Waals surface area contributed by atoms with Crippen LogP contribution in [-0.4, -0.2) is 35.0 Å². The molecule has 0 heterocycles. The molecule has 0 saturated carbocycles. The summed E-state index contributed by atoms with van der Waals surface area (Å²) in [5.41, 5.74) is 1.06. The second-order valence-corrected chi connectivity index (χ2v) is 3.40. The third kappa shape index (κ3) is 2.87. The van der Waals surface area contributed by atoms with Crippen LogP contribution in [0.1, 0.15) is 11.6 Å². The van der Waals surface area contributed by atoms with Gasteiger partial charge in [-0.15, -0.1) is 0 Å². The van der Waals surface area contributed by atoms with E-state index in [0.717, 1.165) is 17.1 Å². The molecule has 4 nitrogen and oxygen atoms in total. The van der Waals surface area contributed by atoms with Crippen molar-refractivity contribution in [1.29, 1.82) is 0 Å². The molecule has 1 aromatic carbocycles. The molecule has 0 spiro atoms. The molecule has 1 aromatic rings. The molecule has 0 amide bonds. The molecule has 0 aromatic heterocycles. The van der Waals surface area contributed by atoms with E-state index in [1.165, 1.54) is 0 Å². The summed E-state index contributed by atoms with van der Waals surface area (Å²) in [6.07, 6.45) is 0. The van der Waals surface area contributed by atoms with Crippen molar-refractivity contribution in [1.82, 2.24) is 5.32 Å². The zero-order valence-corrected chi connectivity index (χ0v) is 10.2. The summed E-state index contributed by atoms with van der Waals surface area (Å²) in [7, 11) is 6.87. The summed E-state index contributed by atoms with van der Waals surface area (Å²) in [5, 5.41) is 3.19. The highest BCUT2D eigenvalue weighted by atomic mass is 16.5. The van der Waals surface area contributed by atoms with Gasteiger partial charge in [-0.05, 0) is 19.2 Å². The number of likely N-dealkylation sites (N-methyl/N-ethyl adjacent to an activating group) is 1. The molecule has 1 unspecified atom stereocenters. The zero-order valence-electron chi connectivity index (χ0n) is 10.2. The van der Waals surface area contributed by atoms with Crippen molar-refractivity contribution in [2.45, 2.75) is 6.04 Å². The van der Waals surface area contributed by atoms with Crippen LogP contribution in [-0.2, 0) is 4.74 Å². The largest absolute Gasteiger partial charge is 0.497 e. The first kappa shape index (κ1) is 12.8. The standard InChI is InChI=1S/C12H19NO3/c1-13-11(8-14-2)10-6-5-9(15-3)7-12(10)16-4/h5-7,11,13H,8H2,1-4H3. The second kappa shape index (κ2) is 6.35. The second-order valence-electron chi connectivity index (χ2n) is 3.40. The molecule has 1 N–H and O–H groups in total. The predicted molar refractivity (Wildman–Crippen MR) is 63.2 cm³/mol. The SMILES string of the molecule is CNC(COC)c1ccc(OC)cc1OC. The lowest BCUT2D eigenvalue weighted by Gasteiger charge is -2.19. The summed E-state index contributed by atoms with van der Waals surface area (Å²) >= 11 is 0. The van der Waals surface area contributed by atoms with Crippen molar-refractivity contribution in [3.05, 3.63) is 23.8 Å².